The van der Waals surface area contributed by atoms with E-state index in [1.165, 1.54) is 14.3 Å². The summed E-state index contributed by atoms with van der Waals surface area (Å²) in [7, 11) is 0. The minimum absolute atomic E-state index is 0. The summed E-state index contributed by atoms with van der Waals surface area (Å²) in [6.45, 7) is 0. The van der Waals surface area contributed by atoms with Crippen LogP contribution in [0.4, 0.5) is 0 Å². The lowest BCUT2D eigenvalue weighted by Crippen LogP contribution is -1.74. The van der Waals surface area contributed by atoms with Crippen LogP contribution in [0.1, 0.15) is 7.43 Å². The van der Waals surface area contributed by atoms with Crippen LogP contribution >= 0.6 is 22.6 Å². The summed E-state index contributed by atoms with van der Waals surface area (Å²) in [5, 5.41) is 2.66. The van der Waals surface area contributed by atoms with Crippen LogP contribution in [0.15, 0.2) is 42.5 Å². The molecule has 1 nitrogen and oxygen atoms in total. The van der Waals surface area contributed by atoms with E-state index >= 15 is 0 Å². The molecule has 0 bridgehead atoms. The van der Waals surface area contributed by atoms with Crippen LogP contribution in [-0.4, -0.2) is 0 Å². The van der Waals surface area contributed by atoms with E-state index < -0.39 is 0 Å². The van der Waals surface area contributed by atoms with Crippen molar-refractivity contribution in [2.75, 3.05) is 0 Å². The fraction of sp³-hybridized carbons (Fsp3) is 0.0909. The van der Waals surface area contributed by atoms with Crippen molar-refractivity contribution >= 4 is 33.4 Å². The Labute approximate surface area is 92.9 Å². The molecule has 0 unspecified atom stereocenters. The second kappa shape index (κ2) is 5.19. The molecule has 0 saturated heterocycles. The maximum Gasteiger partial charge on any atom is 0.0208 e. The number of rotatable bonds is 0. The van der Waals surface area contributed by atoms with Gasteiger partial charge in [-0.05, 0) is 39.4 Å². The molecule has 70 valence electrons. The molecule has 0 heterocycles. The molecule has 2 aromatic carbocycles. The van der Waals surface area contributed by atoms with Gasteiger partial charge in [0.2, 0.25) is 0 Å². The molecule has 0 aromatic heterocycles. The lowest BCUT2D eigenvalue weighted by molar-refractivity contribution is 1.71. The van der Waals surface area contributed by atoms with Gasteiger partial charge in [0.25, 0.3) is 0 Å². The Bertz CT molecular complexity index is 379. The number of fused-ring (bicyclic) bond motifs is 1. The van der Waals surface area contributed by atoms with Crippen LogP contribution in [0, 0.1) is 3.57 Å². The maximum atomic E-state index is 2.36. The normalized spacial score (nSPS) is 8.69. The van der Waals surface area contributed by atoms with Gasteiger partial charge in [-0.25, -0.2) is 0 Å². The SMILES string of the molecule is C.Ic1cccc2ccccc12.N. The molecule has 2 heteroatoms. The molecule has 0 fully saturated rings. The van der Waals surface area contributed by atoms with Gasteiger partial charge in [0.15, 0.2) is 0 Å². The number of hydrogen-bond acceptors (Lipinski definition) is 1. The Hall–Kier alpha value is -0.610. The Balaban J connectivity index is 0.000000720. The van der Waals surface area contributed by atoms with Gasteiger partial charge >= 0.3 is 0 Å². The highest BCUT2D eigenvalue weighted by atomic mass is 127. The zero-order valence-electron chi connectivity index (χ0n) is 6.63. The summed E-state index contributed by atoms with van der Waals surface area (Å²) in [5.41, 5.74) is 0. The predicted molar refractivity (Wildman–Crippen MR) is 68.4 cm³/mol. The van der Waals surface area contributed by atoms with E-state index in [2.05, 4.69) is 65.1 Å². The standard InChI is InChI=1S/C10H7I.CH4.H3N/c11-10-7-3-5-8-4-1-2-6-9(8)10;;/h1-7H;1H4;1H3. The Kier molecular flexibility index (Phi) is 4.95. The first kappa shape index (κ1) is 12.4. The molecule has 0 aliphatic heterocycles. The van der Waals surface area contributed by atoms with E-state index in [0.717, 1.165) is 0 Å². The van der Waals surface area contributed by atoms with Gasteiger partial charge in [-0.15, -0.1) is 0 Å². The summed E-state index contributed by atoms with van der Waals surface area (Å²) >= 11 is 2.36. The Morgan fingerprint density at radius 3 is 2.15 bits per heavy atom. The largest absolute Gasteiger partial charge is 0.344 e. The fourth-order valence-corrected chi connectivity index (χ4v) is 1.88. The molecule has 0 radical (unpaired) electrons. The molecule has 2 rings (SSSR count). The third-order valence-corrected chi connectivity index (χ3v) is 2.68. The van der Waals surface area contributed by atoms with Gasteiger partial charge < -0.3 is 6.15 Å². The third-order valence-electron chi connectivity index (χ3n) is 1.74. The van der Waals surface area contributed by atoms with Crippen molar-refractivity contribution in [1.82, 2.24) is 6.15 Å². The molecular weight excluding hydrogens is 273 g/mol. The third kappa shape index (κ3) is 2.42. The number of benzene rings is 2. The van der Waals surface area contributed by atoms with E-state index in [9.17, 15) is 0 Å². The average Bonchev–Trinajstić information content (AvgIpc) is 2.06. The molecule has 0 saturated carbocycles. The van der Waals surface area contributed by atoms with Crippen molar-refractivity contribution in [2.24, 2.45) is 0 Å². The average molecular weight is 287 g/mol. The smallest absolute Gasteiger partial charge is 0.0208 e. The van der Waals surface area contributed by atoms with E-state index in [-0.39, 0.29) is 13.6 Å². The van der Waals surface area contributed by atoms with Gasteiger partial charge in [-0.1, -0.05) is 43.8 Å². The van der Waals surface area contributed by atoms with Crippen LogP contribution in [0.2, 0.25) is 0 Å². The Morgan fingerprint density at radius 2 is 1.46 bits per heavy atom. The first-order valence-corrected chi connectivity index (χ1v) is 4.59. The van der Waals surface area contributed by atoms with E-state index in [4.69, 9.17) is 0 Å². The topological polar surface area (TPSA) is 35.0 Å². The summed E-state index contributed by atoms with van der Waals surface area (Å²) in [5.74, 6) is 0. The first-order chi connectivity index (χ1) is 5.38. The molecule has 0 spiro atoms. The summed E-state index contributed by atoms with van der Waals surface area (Å²) in [4.78, 5) is 0. The summed E-state index contributed by atoms with van der Waals surface area (Å²) < 4.78 is 1.32. The molecule has 0 aliphatic carbocycles. The van der Waals surface area contributed by atoms with Crippen LogP contribution in [0.3, 0.4) is 0 Å². The highest BCUT2D eigenvalue weighted by Crippen LogP contribution is 2.19. The monoisotopic (exact) mass is 287 g/mol. The second-order valence-electron chi connectivity index (χ2n) is 2.46. The minimum Gasteiger partial charge on any atom is -0.344 e. The lowest BCUT2D eigenvalue weighted by atomic mass is 10.1. The molecular formula is C11H14IN. The van der Waals surface area contributed by atoms with Crippen molar-refractivity contribution in [2.45, 2.75) is 7.43 Å². The molecule has 0 amide bonds. The van der Waals surface area contributed by atoms with Crippen LogP contribution < -0.4 is 6.15 Å². The molecule has 3 N–H and O–H groups in total. The van der Waals surface area contributed by atoms with Gasteiger partial charge in [-0.3, -0.25) is 0 Å². The van der Waals surface area contributed by atoms with E-state index in [1.807, 2.05) is 0 Å². The van der Waals surface area contributed by atoms with Crippen molar-refractivity contribution in [3.8, 4) is 0 Å². The fourth-order valence-electron chi connectivity index (χ4n) is 1.19. The zero-order chi connectivity index (χ0) is 7.68. The van der Waals surface area contributed by atoms with E-state index in [0.29, 0.717) is 0 Å². The zero-order valence-corrected chi connectivity index (χ0v) is 8.78. The molecule has 0 aliphatic rings. The summed E-state index contributed by atoms with van der Waals surface area (Å²) in [6, 6.07) is 14.8. The van der Waals surface area contributed by atoms with Gasteiger partial charge in [-0.2, -0.15) is 0 Å². The highest BCUT2D eigenvalue weighted by Gasteiger charge is 1.93. The lowest BCUT2D eigenvalue weighted by Gasteiger charge is -1.97. The molecule has 0 atom stereocenters. The summed E-state index contributed by atoms with van der Waals surface area (Å²) in [6.07, 6.45) is 0. The number of hydrogen-bond donors (Lipinski definition) is 1. The highest BCUT2D eigenvalue weighted by molar-refractivity contribution is 14.1. The van der Waals surface area contributed by atoms with Crippen molar-refractivity contribution < 1.29 is 0 Å². The number of halogens is 1. The van der Waals surface area contributed by atoms with Crippen LogP contribution in [-0.2, 0) is 0 Å². The van der Waals surface area contributed by atoms with E-state index in [1.54, 1.807) is 0 Å². The first-order valence-electron chi connectivity index (χ1n) is 3.51. The second-order valence-corrected chi connectivity index (χ2v) is 3.62. The van der Waals surface area contributed by atoms with Gasteiger partial charge in [0.05, 0.1) is 0 Å². The van der Waals surface area contributed by atoms with Gasteiger partial charge in [0, 0.05) is 3.57 Å². The molecule has 2 aromatic rings. The van der Waals surface area contributed by atoms with Crippen molar-refractivity contribution in [3.05, 3.63) is 46.0 Å². The maximum absolute atomic E-state index is 2.36. The van der Waals surface area contributed by atoms with Crippen LogP contribution in [0.5, 0.6) is 0 Å². The minimum atomic E-state index is 0. The molecule has 13 heavy (non-hydrogen) atoms. The predicted octanol–water partition coefficient (Wildman–Crippen LogP) is 4.24. The van der Waals surface area contributed by atoms with Gasteiger partial charge in [0.1, 0.15) is 0 Å². The Morgan fingerprint density at radius 1 is 0.846 bits per heavy atom. The quantitative estimate of drug-likeness (QED) is 0.722. The van der Waals surface area contributed by atoms with Crippen molar-refractivity contribution in [1.29, 1.82) is 0 Å². The van der Waals surface area contributed by atoms with Crippen molar-refractivity contribution in [3.63, 3.8) is 0 Å². The van der Waals surface area contributed by atoms with Crippen LogP contribution in [0.25, 0.3) is 10.8 Å².